The van der Waals surface area contributed by atoms with Crippen LogP contribution in [0.2, 0.25) is 0 Å². The molecule has 0 radical (unpaired) electrons. The van der Waals surface area contributed by atoms with Crippen molar-refractivity contribution >= 4 is 6.08 Å². The molecule has 0 heteroatoms. The third-order valence-corrected chi connectivity index (χ3v) is 7.86. The predicted molar refractivity (Wildman–Crippen MR) is 124 cm³/mol. The Bertz CT molecular complexity index is 978. The zero-order valence-electron chi connectivity index (χ0n) is 18.0. The molecule has 0 N–H and O–H groups in total. The quantitative estimate of drug-likeness (QED) is 0.514. The largest absolute Gasteiger partial charge is 0.0805 e. The van der Waals surface area contributed by atoms with Gasteiger partial charge < -0.3 is 0 Å². The Balaban J connectivity index is 1.63. The zero-order valence-corrected chi connectivity index (χ0v) is 18.0. The summed E-state index contributed by atoms with van der Waals surface area (Å²) in [6.45, 7) is 9.65. The standard InChI is InChI=1S/C29H32/c1-18(2)27-17-21-11-5-6-14-24(21)29(27)26-16-10-9-15-25(26)28-19(3)22-12-7-8-13-23(22)20(28)4/h5-20,22-23,28-29H,1-4H3. The first-order chi connectivity index (χ1) is 14.1. The zero-order chi connectivity index (χ0) is 20.1. The lowest BCUT2D eigenvalue weighted by Crippen LogP contribution is -2.16. The maximum Gasteiger partial charge on any atom is 0.0313 e. The molecule has 3 aliphatic rings. The van der Waals surface area contributed by atoms with E-state index in [-0.39, 0.29) is 0 Å². The van der Waals surface area contributed by atoms with Crippen LogP contribution in [0.15, 0.2) is 78.4 Å². The Morgan fingerprint density at radius 1 is 0.690 bits per heavy atom. The number of fused-ring (bicyclic) bond motifs is 2. The van der Waals surface area contributed by atoms with Crippen LogP contribution in [0.25, 0.3) is 6.08 Å². The van der Waals surface area contributed by atoms with Crippen LogP contribution < -0.4 is 0 Å². The summed E-state index contributed by atoms with van der Waals surface area (Å²) in [5.41, 5.74) is 7.57. The van der Waals surface area contributed by atoms with Crippen LogP contribution >= 0.6 is 0 Å². The molecule has 0 spiro atoms. The van der Waals surface area contributed by atoms with Crippen molar-refractivity contribution in [2.45, 2.75) is 39.5 Å². The van der Waals surface area contributed by atoms with Crippen molar-refractivity contribution in [3.63, 3.8) is 0 Å². The van der Waals surface area contributed by atoms with Crippen molar-refractivity contribution in [1.82, 2.24) is 0 Å². The molecule has 2 aromatic rings. The van der Waals surface area contributed by atoms with Gasteiger partial charge >= 0.3 is 0 Å². The van der Waals surface area contributed by atoms with Gasteiger partial charge in [0.15, 0.2) is 0 Å². The first kappa shape index (κ1) is 18.7. The second kappa shape index (κ2) is 7.17. The highest BCUT2D eigenvalue weighted by Gasteiger charge is 2.46. The summed E-state index contributed by atoms with van der Waals surface area (Å²) in [4.78, 5) is 0. The second-order valence-electron chi connectivity index (χ2n) is 9.66. The third-order valence-electron chi connectivity index (χ3n) is 7.86. The lowest BCUT2D eigenvalue weighted by molar-refractivity contribution is 0.427. The van der Waals surface area contributed by atoms with Crippen molar-refractivity contribution in [1.29, 1.82) is 0 Å². The topological polar surface area (TPSA) is 0 Å². The van der Waals surface area contributed by atoms with E-state index in [1.54, 1.807) is 11.1 Å². The van der Waals surface area contributed by atoms with Crippen LogP contribution in [-0.4, -0.2) is 0 Å². The normalized spacial score (nSPS) is 32.4. The monoisotopic (exact) mass is 380 g/mol. The third kappa shape index (κ3) is 2.88. The molecule has 0 aromatic heterocycles. The van der Waals surface area contributed by atoms with Crippen molar-refractivity contribution in [3.05, 3.63) is 101 Å². The second-order valence-corrected chi connectivity index (χ2v) is 9.66. The van der Waals surface area contributed by atoms with Crippen LogP contribution in [-0.2, 0) is 0 Å². The summed E-state index contributed by atoms with van der Waals surface area (Å²) in [6.07, 6.45) is 11.9. The molecule has 0 heterocycles. The Kier molecular flexibility index (Phi) is 4.62. The van der Waals surface area contributed by atoms with Gasteiger partial charge in [-0.2, -0.15) is 0 Å². The fourth-order valence-electron chi connectivity index (χ4n) is 6.49. The minimum Gasteiger partial charge on any atom is -0.0805 e. The van der Waals surface area contributed by atoms with Gasteiger partial charge in [-0.1, -0.05) is 112 Å². The first-order valence-corrected chi connectivity index (χ1v) is 11.3. The van der Waals surface area contributed by atoms with Crippen LogP contribution in [0.4, 0.5) is 0 Å². The average molecular weight is 381 g/mol. The molecule has 2 aromatic carbocycles. The predicted octanol–water partition coefficient (Wildman–Crippen LogP) is 7.60. The van der Waals surface area contributed by atoms with E-state index in [9.17, 15) is 0 Å². The molecule has 5 rings (SSSR count). The molecule has 5 atom stereocenters. The lowest BCUT2D eigenvalue weighted by atomic mass is 9.75. The maximum atomic E-state index is 2.48. The molecule has 1 fully saturated rings. The highest BCUT2D eigenvalue weighted by Crippen LogP contribution is 2.55. The Morgan fingerprint density at radius 3 is 1.86 bits per heavy atom. The van der Waals surface area contributed by atoms with E-state index in [1.165, 1.54) is 16.7 Å². The van der Waals surface area contributed by atoms with Crippen molar-refractivity contribution in [3.8, 4) is 0 Å². The first-order valence-electron chi connectivity index (χ1n) is 11.3. The van der Waals surface area contributed by atoms with E-state index in [4.69, 9.17) is 0 Å². The molecular formula is C29H32. The Hall–Kier alpha value is -2.34. The molecular weight excluding hydrogens is 348 g/mol. The summed E-state index contributed by atoms with van der Waals surface area (Å²) in [7, 11) is 0. The Morgan fingerprint density at radius 2 is 1.24 bits per heavy atom. The number of hydrogen-bond donors (Lipinski definition) is 0. The van der Waals surface area contributed by atoms with Gasteiger partial charge in [-0.3, -0.25) is 0 Å². The van der Waals surface area contributed by atoms with Crippen LogP contribution in [0.5, 0.6) is 0 Å². The molecule has 0 aliphatic heterocycles. The molecule has 0 nitrogen and oxygen atoms in total. The molecule has 29 heavy (non-hydrogen) atoms. The van der Waals surface area contributed by atoms with Gasteiger partial charge in [0.1, 0.15) is 0 Å². The number of rotatable bonds is 3. The summed E-state index contributed by atoms with van der Waals surface area (Å²) in [5, 5.41) is 0. The highest BCUT2D eigenvalue weighted by molar-refractivity contribution is 5.70. The van der Waals surface area contributed by atoms with Gasteiger partial charge in [-0.15, -0.1) is 0 Å². The van der Waals surface area contributed by atoms with E-state index in [1.807, 2.05) is 0 Å². The van der Waals surface area contributed by atoms with Crippen molar-refractivity contribution in [2.24, 2.45) is 29.6 Å². The summed E-state index contributed by atoms with van der Waals surface area (Å²) in [5.74, 6) is 4.23. The van der Waals surface area contributed by atoms with E-state index < -0.39 is 0 Å². The van der Waals surface area contributed by atoms with E-state index in [0.717, 1.165) is 0 Å². The molecule has 0 saturated heterocycles. The fourth-order valence-corrected chi connectivity index (χ4v) is 6.49. The smallest absolute Gasteiger partial charge is 0.0313 e. The molecule has 0 amide bonds. The van der Waals surface area contributed by atoms with E-state index >= 15 is 0 Å². The Labute approximate surface area is 176 Å². The lowest BCUT2D eigenvalue weighted by Gasteiger charge is -2.29. The van der Waals surface area contributed by atoms with Crippen molar-refractivity contribution in [2.75, 3.05) is 0 Å². The highest BCUT2D eigenvalue weighted by atomic mass is 14.5. The van der Waals surface area contributed by atoms with E-state index in [0.29, 0.717) is 41.4 Å². The SMILES string of the molecule is CC(C)C1=Cc2ccccc2C1c1ccccc1C1C(C)C2C=CC=CC2C1C. The molecule has 0 bridgehead atoms. The fraction of sp³-hybridized carbons (Fsp3) is 0.379. The van der Waals surface area contributed by atoms with Gasteiger partial charge in [0.2, 0.25) is 0 Å². The molecule has 3 aliphatic carbocycles. The minimum atomic E-state index is 0.399. The summed E-state index contributed by atoms with van der Waals surface area (Å²) >= 11 is 0. The van der Waals surface area contributed by atoms with Gasteiger partial charge in [0, 0.05) is 5.92 Å². The van der Waals surface area contributed by atoms with Gasteiger partial charge in [-0.25, -0.2) is 0 Å². The number of benzene rings is 2. The number of allylic oxidation sites excluding steroid dienone is 5. The van der Waals surface area contributed by atoms with E-state index in [2.05, 4.69) is 107 Å². The van der Waals surface area contributed by atoms with Gasteiger partial charge in [-0.05, 0) is 57.8 Å². The summed E-state index contributed by atoms with van der Waals surface area (Å²) < 4.78 is 0. The van der Waals surface area contributed by atoms with Crippen LogP contribution in [0.1, 0.15) is 61.8 Å². The van der Waals surface area contributed by atoms with Gasteiger partial charge in [0.25, 0.3) is 0 Å². The van der Waals surface area contributed by atoms with Crippen LogP contribution in [0, 0.1) is 29.6 Å². The maximum absolute atomic E-state index is 2.48. The minimum absolute atomic E-state index is 0.399. The average Bonchev–Trinajstić information content (AvgIpc) is 3.24. The van der Waals surface area contributed by atoms with Gasteiger partial charge in [0.05, 0.1) is 0 Å². The number of hydrogen-bond acceptors (Lipinski definition) is 0. The van der Waals surface area contributed by atoms with Crippen molar-refractivity contribution < 1.29 is 0 Å². The molecule has 5 unspecified atom stereocenters. The van der Waals surface area contributed by atoms with Crippen LogP contribution in [0.3, 0.4) is 0 Å². The molecule has 1 saturated carbocycles. The summed E-state index contributed by atoms with van der Waals surface area (Å²) in [6, 6.07) is 18.3. The molecule has 148 valence electrons.